The van der Waals surface area contributed by atoms with Gasteiger partial charge in [0.2, 0.25) is 0 Å². The molecule has 1 heteroatoms. The molecule has 2 atom stereocenters. The molecule has 1 nitrogen and oxygen atoms in total. The Morgan fingerprint density at radius 2 is 1.22 bits per heavy atom. The summed E-state index contributed by atoms with van der Waals surface area (Å²) in [6.45, 7) is 3.69. The van der Waals surface area contributed by atoms with E-state index in [1.165, 1.54) is 83.6 Å². The van der Waals surface area contributed by atoms with Gasteiger partial charge in [-0.1, -0.05) is 64.7 Å². The lowest BCUT2D eigenvalue weighted by atomic mass is 9.98. The van der Waals surface area contributed by atoms with E-state index >= 15 is 0 Å². The van der Waals surface area contributed by atoms with Crippen LogP contribution in [0.25, 0.3) is 0 Å². The number of hydrogen-bond donors (Lipinski definition) is 1. The van der Waals surface area contributed by atoms with Crippen LogP contribution in [0.5, 0.6) is 0 Å². The fourth-order valence-electron chi connectivity index (χ4n) is 3.37. The zero-order valence-corrected chi connectivity index (χ0v) is 12.4. The summed E-state index contributed by atoms with van der Waals surface area (Å²) in [5.74, 6) is 2.01. The van der Waals surface area contributed by atoms with Gasteiger partial charge in [-0.2, -0.15) is 0 Å². The number of nitrogens with one attached hydrogen (secondary N) is 1. The molecule has 0 radical (unpaired) electrons. The predicted octanol–water partition coefficient (Wildman–Crippen LogP) is 4.91. The van der Waals surface area contributed by atoms with Gasteiger partial charge in [0, 0.05) is 6.04 Å². The molecule has 106 valence electrons. The van der Waals surface area contributed by atoms with Gasteiger partial charge in [0.25, 0.3) is 0 Å². The average molecular weight is 251 g/mol. The van der Waals surface area contributed by atoms with Crippen LogP contribution in [0.2, 0.25) is 0 Å². The second-order valence-electron chi connectivity index (χ2n) is 6.84. The van der Waals surface area contributed by atoms with E-state index in [4.69, 9.17) is 0 Å². The summed E-state index contributed by atoms with van der Waals surface area (Å²) in [5.41, 5.74) is 0. The quantitative estimate of drug-likeness (QED) is 0.752. The standard InChI is InChI=1S/C17H33N/c1-15-13-16(15)14-18-17-11-9-7-5-3-2-4-6-8-10-12-17/h15-18H,2-14H2,1H3. The van der Waals surface area contributed by atoms with Crippen LogP contribution in [0.15, 0.2) is 0 Å². The Balaban J connectivity index is 1.64. The third kappa shape index (κ3) is 5.73. The van der Waals surface area contributed by atoms with E-state index in [0.29, 0.717) is 0 Å². The Morgan fingerprint density at radius 3 is 1.67 bits per heavy atom. The lowest BCUT2D eigenvalue weighted by molar-refractivity contribution is 0.396. The molecule has 0 aromatic carbocycles. The van der Waals surface area contributed by atoms with E-state index in [9.17, 15) is 0 Å². The highest BCUT2D eigenvalue weighted by Gasteiger charge is 2.32. The van der Waals surface area contributed by atoms with Crippen LogP contribution in [-0.4, -0.2) is 12.6 Å². The van der Waals surface area contributed by atoms with E-state index in [1.807, 2.05) is 0 Å². The predicted molar refractivity (Wildman–Crippen MR) is 79.8 cm³/mol. The second-order valence-corrected chi connectivity index (χ2v) is 6.84. The largest absolute Gasteiger partial charge is 0.314 e. The summed E-state index contributed by atoms with van der Waals surface area (Å²) in [4.78, 5) is 0. The van der Waals surface area contributed by atoms with Gasteiger partial charge < -0.3 is 5.32 Å². The van der Waals surface area contributed by atoms with E-state index in [2.05, 4.69) is 12.2 Å². The Morgan fingerprint density at radius 1 is 0.778 bits per heavy atom. The van der Waals surface area contributed by atoms with Crippen molar-refractivity contribution < 1.29 is 0 Å². The van der Waals surface area contributed by atoms with Gasteiger partial charge in [0.05, 0.1) is 0 Å². The average Bonchev–Trinajstić information content (AvgIpc) is 3.05. The van der Waals surface area contributed by atoms with Gasteiger partial charge in [0.1, 0.15) is 0 Å². The topological polar surface area (TPSA) is 12.0 Å². The summed E-state index contributed by atoms with van der Waals surface area (Å²) in [7, 11) is 0. The Kier molecular flexibility index (Phi) is 6.54. The minimum absolute atomic E-state index is 0.831. The van der Waals surface area contributed by atoms with Crippen molar-refractivity contribution in [2.45, 2.75) is 90.0 Å². The van der Waals surface area contributed by atoms with E-state index < -0.39 is 0 Å². The molecule has 0 heterocycles. The fourth-order valence-corrected chi connectivity index (χ4v) is 3.37. The first-order valence-electron chi connectivity index (χ1n) is 8.59. The molecule has 0 aliphatic heterocycles. The number of rotatable bonds is 3. The van der Waals surface area contributed by atoms with Gasteiger partial charge in [-0.15, -0.1) is 0 Å². The van der Waals surface area contributed by atoms with Crippen LogP contribution in [-0.2, 0) is 0 Å². The molecule has 0 bridgehead atoms. The molecule has 0 aromatic heterocycles. The van der Waals surface area contributed by atoms with Crippen molar-refractivity contribution in [1.29, 1.82) is 0 Å². The molecule has 1 N–H and O–H groups in total. The minimum atomic E-state index is 0.831. The summed E-state index contributed by atoms with van der Waals surface area (Å²) in [6.07, 6.45) is 17.6. The van der Waals surface area contributed by atoms with Gasteiger partial charge in [-0.05, 0) is 37.6 Å². The first kappa shape index (κ1) is 14.4. The van der Waals surface area contributed by atoms with Crippen LogP contribution in [0.4, 0.5) is 0 Å². The van der Waals surface area contributed by atoms with Crippen molar-refractivity contribution >= 4 is 0 Å². The normalized spacial score (nSPS) is 32.5. The molecule has 2 fully saturated rings. The second kappa shape index (κ2) is 8.19. The van der Waals surface area contributed by atoms with Gasteiger partial charge >= 0.3 is 0 Å². The van der Waals surface area contributed by atoms with E-state index in [1.54, 1.807) is 0 Å². The van der Waals surface area contributed by atoms with Crippen molar-refractivity contribution in [2.75, 3.05) is 6.54 Å². The zero-order valence-electron chi connectivity index (χ0n) is 12.4. The maximum absolute atomic E-state index is 3.87. The molecular formula is C17H33N. The summed E-state index contributed by atoms with van der Waals surface area (Å²) in [6, 6.07) is 0.831. The first-order valence-corrected chi connectivity index (χ1v) is 8.59. The SMILES string of the molecule is CC1CC1CNC1CCCCCCCCCCC1. The van der Waals surface area contributed by atoms with Crippen molar-refractivity contribution in [3.63, 3.8) is 0 Å². The van der Waals surface area contributed by atoms with Crippen molar-refractivity contribution in [2.24, 2.45) is 11.8 Å². The lowest BCUT2D eigenvalue weighted by Gasteiger charge is -2.19. The fraction of sp³-hybridized carbons (Fsp3) is 1.00. The molecule has 2 unspecified atom stereocenters. The molecule has 0 saturated heterocycles. The Hall–Kier alpha value is -0.0400. The monoisotopic (exact) mass is 251 g/mol. The Labute approximate surface area is 114 Å². The first-order chi connectivity index (χ1) is 8.86. The summed E-state index contributed by atoms with van der Waals surface area (Å²) in [5, 5.41) is 3.87. The van der Waals surface area contributed by atoms with Crippen molar-refractivity contribution in [3.05, 3.63) is 0 Å². The molecule has 0 spiro atoms. The smallest absolute Gasteiger partial charge is 0.00671 e. The van der Waals surface area contributed by atoms with Crippen molar-refractivity contribution in [3.8, 4) is 0 Å². The molecule has 2 rings (SSSR count). The lowest BCUT2D eigenvalue weighted by Crippen LogP contribution is -2.31. The maximum atomic E-state index is 3.87. The Bertz CT molecular complexity index is 202. The molecule has 2 saturated carbocycles. The van der Waals surface area contributed by atoms with E-state index in [0.717, 1.165) is 17.9 Å². The number of hydrogen-bond acceptors (Lipinski definition) is 1. The highest BCUT2D eigenvalue weighted by molar-refractivity contribution is 4.85. The van der Waals surface area contributed by atoms with Gasteiger partial charge in [-0.25, -0.2) is 0 Å². The van der Waals surface area contributed by atoms with Crippen LogP contribution in [0, 0.1) is 11.8 Å². The van der Waals surface area contributed by atoms with Gasteiger partial charge in [0.15, 0.2) is 0 Å². The molecule has 0 amide bonds. The van der Waals surface area contributed by atoms with Crippen molar-refractivity contribution in [1.82, 2.24) is 5.32 Å². The third-order valence-corrected chi connectivity index (χ3v) is 5.05. The highest BCUT2D eigenvalue weighted by Crippen LogP contribution is 2.37. The summed E-state index contributed by atoms with van der Waals surface area (Å²) >= 11 is 0. The van der Waals surface area contributed by atoms with Crippen LogP contribution >= 0.6 is 0 Å². The van der Waals surface area contributed by atoms with Crippen LogP contribution < -0.4 is 5.32 Å². The van der Waals surface area contributed by atoms with Crippen LogP contribution in [0.1, 0.15) is 84.0 Å². The molecule has 18 heavy (non-hydrogen) atoms. The van der Waals surface area contributed by atoms with Gasteiger partial charge in [-0.3, -0.25) is 0 Å². The van der Waals surface area contributed by atoms with Crippen LogP contribution in [0.3, 0.4) is 0 Å². The molecular weight excluding hydrogens is 218 g/mol. The molecule has 2 aliphatic rings. The maximum Gasteiger partial charge on any atom is 0.00671 e. The minimum Gasteiger partial charge on any atom is -0.314 e. The van der Waals surface area contributed by atoms with E-state index in [-0.39, 0.29) is 0 Å². The highest BCUT2D eigenvalue weighted by atomic mass is 14.9. The third-order valence-electron chi connectivity index (χ3n) is 5.05. The molecule has 0 aromatic rings. The summed E-state index contributed by atoms with van der Waals surface area (Å²) < 4.78 is 0. The molecule has 2 aliphatic carbocycles. The zero-order chi connectivity index (χ0) is 12.6.